The number of ether oxygens (including phenoxy) is 1. The molecule has 0 aliphatic carbocycles. The van der Waals surface area contributed by atoms with E-state index in [4.69, 9.17) is 4.74 Å². The van der Waals surface area contributed by atoms with Gasteiger partial charge in [0.15, 0.2) is 0 Å². The van der Waals surface area contributed by atoms with Gasteiger partial charge in [0.25, 0.3) is 5.56 Å². The van der Waals surface area contributed by atoms with Gasteiger partial charge in [-0.05, 0) is 43.3 Å². The zero-order valence-electron chi connectivity index (χ0n) is 16.1. The fraction of sp³-hybridized carbons (Fsp3) is 0.200. The molecule has 0 atom stereocenters. The molecule has 0 saturated heterocycles. The van der Waals surface area contributed by atoms with E-state index < -0.39 is 11.5 Å². The lowest BCUT2D eigenvalue weighted by Gasteiger charge is -2.14. The van der Waals surface area contributed by atoms with E-state index in [1.807, 2.05) is 0 Å². The van der Waals surface area contributed by atoms with Gasteiger partial charge in [-0.1, -0.05) is 0 Å². The van der Waals surface area contributed by atoms with Crippen LogP contribution in [0.5, 0.6) is 11.5 Å². The van der Waals surface area contributed by atoms with Crippen molar-refractivity contribution in [1.82, 2.24) is 9.55 Å². The molecule has 0 aliphatic heterocycles. The van der Waals surface area contributed by atoms with Crippen LogP contribution in [0.2, 0.25) is 0 Å². The number of aromatic hydroxyl groups is 1. The molecule has 29 heavy (non-hydrogen) atoms. The van der Waals surface area contributed by atoms with E-state index in [2.05, 4.69) is 15.6 Å². The van der Waals surface area contributed by atoms with E-state index >= 15 is 0 Å². The first kappa shape index (κ1) is 19.9. The van der Waals surface area contributed by atoms with E-state index in [1.54, 1.807) is 31.2 Å². The lowest BCUT2D eigenvalue weighted by molar-refractivity contribution is -0.117. The summed E-state index contributed by atoms with van der Waals surface area (Å²) in [6.07, 6.45) is 0. The summed E-state index contributed by atoms with van der Waals surface area (Å²) in [5, 5.41) is 15.2. The summed E-state index contributed by atoms with van der Waals surface area (Å²) in [4.78, 5) is 40.9. The van der Waals surface area contributed by atoms with Crippen molar-refractivity contribution in [3.63, 3.8) is 0 Å². The Kier molecular flexibility index (Phi) is 5.49. The van der Waals surface area contributed by atoms with E-state index in [1.165, 1.54) is 30.7 Å². The van der Waals surface area contributed by atoms with Crippen LogP contribution in [0.25, 0.3) is 10.9 Å². The van der Waals surface area contributed by atoms with Crippen LogP contribution in [0, 0.1) is 6.92 Å². The Bertz CT molecular complexity index is 1170. The van der Waals surface area contributed by atoms with Crippen molar-refractivity contribution in [1.29, 1.82) is 0 Å². The Labute approximate surface area is 166 Å². The first-order chi connectivity index (χ1) is 13.8. The number of carbonyl (C=O) groups excluding carboxylic acids is 2. The van der Waals surface area contributed by atoms with Crippen LogP contribution in [0.4, 0.5) is 11.4 Å². The van der Waals surface area contributed by atoms with Crippen LogP contribution in [0.15, 0.2) is 41.2 Å². The molecule has 2 aromatic carbocycles. The van der Waals surface area contributed by atoms with Gasteiger partial charge in [-0.15, -0.1) is 0 Å². The number of amides is 2. The van der Waals surface area contributed by atoms with Gasteiger partial charge in [0.1, 0.15) is 23.9 Å². The number of anilines is 2. The molecule has 2 amide bonds. The maximum Gasteiger partial charge on any atom is 0.261 e. The second-order valence-corrected chi connectivity index (χ2v) is 6.40. The fourth-order valence-corrected chi connectivity index (χ4v) is 2.93. The topological polar surface area (TPSA) is 123 Å². The number of carbonyl (C=O) groups is 2. The van der Waals surface area contributed by atoms with Crippen LogP contribution in [-0.4, -0.2) is 33.6 Å². The highest BCUT2D eigenvalue weighted by Gasteiger charge is 2.14. The van der Waals surface area contributed by atoms with Crippen molar-refractivity contribution >= 4 is 34.1 Å². The summed E-state index contributed by atoms with van der Waals surface area (Å²) in [7, 11) is 1.46. The van der Waals surface area contributed by atoms with E-state index in [-0.39, 0.29) is 23.6 Å². The van der Waals surface area contributed by atoms with Crippen LogP contribution in [0.1, 0.15) is 12.7 Å². The SMILES string of the molecule is COc1ccc(NC(C)=O)cc1NC(=O)Cn1c(C)nc2ccc(O)cc2c1=O. The third-order valence-electron chi connectivity index (χ3n) is 4.22. The molecular formula is C20H20N4O5. The van der Waals surface area contributed by atoms with Gasteiger partial charge < -0.3 is 20.5 Å². The normalized spacial score (nSPS) is 10.6. The number of hydrogen-bond donors (Lipinski definition) is 3. The Morgan fingerprint density at radius 2 is 1.93 bits per heavy atom. The number of phenols is 1. The number of methoxy groups -OCH3 is 1. The molecule has 3 aromatic rings. The molecule has 0 aliphatic rings. The second-order valence-electron chi connectivity index (χ2n) is 6.40. The lowest BCUT2D eigenvalue weighted by Crippen LogP contribution is -2.30. The summed E-state index contributed by atoms with van der Waals surface area (Å²) >= 11 is 0. The molecule has 0 fully saturated rings. The summed E-state index contributed by atoms with van der Waals surface area (Å²) in [5.41, 5.74) is 0.842. The Hall–Kier alpha value is -3.88. The smallest absolute Gasteiger partial charge is 0.261 e. The average Bonchev–Trinajstić information content (AvgIpc) is 2.65. The molecule has 3 N–H and O–H groups in total. The molecule has 0 spiro atoms. The highest BCUT2D eigenvalue weighted by molar-refractivity contribution is 5.95. The van der Waals surface area contributed by atoms with Crippen LogP contribution in [0.3, 0.4) is 0 Å². The number of rotatable bonds is 5. The van der Waals surface area contributed by atoms with Crippen molar-refractivity contribution in [2.45, 2.75) is 20.4 Å². The number of hydrogen-bond acceptors (Lipinski definition) is 6. The number of aromatic nitrogens is 2. The molecule has 0 saturated carbocycles. The molecule has 3 rings (SSSR count). The zero-order valence-corrected chi connectivity index (χ0v) is 16.1. The summed E-state index contributed by atoms with van der Waals surface area (Å²) in [5.74, 6) is -0.0222. The van der Waals surface area contributed by atoms with Crippen molar-refractivity contribution in [2.75, 3.05) is 17.7 Å². The molecule has 0 radical (unpaired) electrons. The van der Waals surface area contributed by atoms with Gasteiger partial charge >= 0.3 is 0 Å². The van der Waals surface area contributed by atoms with E-state index in [9.17, 15) is 19.5 Å². The quantitative estimate of drug-likeness (QED) is 0.606. The van der Waals surface area contributed by atoms with E-state index in [0.29, 0.717) is 28.5 Å². The number of benzene rings is 2. The maximum atomic E-state index is 12.7. The Balaban J connectivity index is 1.90. The lowest BCUT2D eigenvalue weighted by atomic mass is 10.2. The molecule has 150 valence electrons. The molecule has 0 bridgehead atoms. The average molecular weight is 396 g/mol. The number of nitrogens with one attached hydrogen (secondary N) is 2. The third-order valence-corrected chi connectivity index (χ3v) is 4.22. The van der Waals surface area contributed by atoms with Gasteiger partial charge in [-0.2, -0.15) is 0 Å². The van der Waals surface area contributed by atoms with Gasteiger partial charge in [-0.3, -0.25) is 19.0 Å². The minimum atomic E-state index is -0.477. The molecule has 1 aromatic heterocycles. The van der Waals surface area contributed by atoms with Gasteiger partial charge in [-0.25, -0.2) is 4.98 Å². The molecule has 0 unspecified atom stereocenters. The third kappa shape index (κ3) is 4.34. The molecule has 9 nitrogen and oxygen atoms in total. The Morgan fingerprint density at radius 1 is 1.17 bits per heavy atom. The van der Waals surface area contributed by atoms with Crippen LogP contribution < -0.4 is 20.9 Å². The van der Waals surface area contributed by atoms with Crippen molar-refractivity contribution < 1.29 is 19.4 Å². The summed E-state index contributed by atoms with van der Waals surface area (Å²) in [6, 6.07) is 9.12. The summed E-state index contributed by atoms with van der Waals surface area (Å²) in [6.45, 7) is 2.72. The van der Waals surface area contributed by atoms with Crippen molar-refractivity contribution in [2.24, 2.45) is 0 Å². The van der Waals surface area contributed by atoms with Crippen LogP contribution in [-0.2, 0) is 16.1 Å². The monoisotopic (exact) mass is 396 g/mol. The highest BCUT2D eigenvalue weighted by atomic mass is 16.5. The predicted octanol–water partition coefficient (Wildman–Crippen LogP) is 2.02. The zero-order chi connectivity index (χ0) is 21.1. The van der Waals surface area contributed by atoms with Crippen LogP contribution >= 0.6 is 0 Å². The van der Waals surface area contributed by atoms with Crippen molar-refractivity contribution in [3.8, 4) is 11.5 Å². The first-order valence-electron chi connectivity index (χ1n) is 8.74. The Morgan fingerprint density at radius 3 is 2.62 bits per heavy atom. The predicted molar refractivity (Wildman–Crippen MR) is 108 cm³/mol. The fourth-order valence-electron chi connectivity index (χ4n) is 2.93. The van der Waals surface area contributed by atoms with Gasteiger partial charge in [0.2, 0.25) is 11.8 Å². The van der Waals surface area contributed by atoms with E-state index in [0.717, 1.165) is 0 Å². The molecule has 9 heteroatoms. The minimum absolute atomic E-state index is 0.0595. The highest BCUT2D eigenvalue weighted by Crippen LogP contribution is 2.28. The number of phenolic OH excluding ortho intramolecular Hbond substituents is 1. The maximum absolute atomic E-state index is 12.7. The minimum Gasteiger partial charge on any atom is -0.508 e. The van der Waals surface area contributed by atoms with Crippen molar-refractivity contribution in [3.05, 3.63) is 52.6 Å². The second kappa shape index (κ2) is 8.01. The van der Waals surface area contributed by atoms with Gasteiger partial charge in [0.05, 0.1) is 23.7 Å². The molecule has 1 heterocycles. The molecular weight excluding hydrogens is 376 g/mol. The summed E-state index contributed by atoms with van der Waals surface area (Å²) < 4.78 is 6.46. The number of aryl methyl sites for hydroxylation is 1. The number of nitrogens with zero attached hydrogens (tertiary/aromatic N) is 2. The number of fused-ring (bicyclic) bond motifs is 1. The first-order valence-corrected chi connectivity index (χ1v) is 8.74. The van der Waals surface area contributed by atoms with Gasteiger partial charge in [0, 0.05) is 12.6 Å². The largest absolute Gasteiger partial charge is 0.508 e. The standard InChI is InChI=1S/C20H20N4O5/c1-11-21-16-6-5-14(26)9-15(16)20(28)24(11)10-19(27)23-17-8-13(22-12(2)25)4-7-18(17)29-3/h4-9,26H,10H2,1-3H3,(H,22,25)(H,23,27).